The molecule has 20 heavy (non-hydrogen) atoms. The van der Waals surface area contributed by atoms with E-state index in [0.717, 1.165) is 9.86 Å². The SMILES string of the molecule is O=C(Nc1cc(Br)ccc1Cl)c1cc2ccccc2o1. The van der Waals surface area contributed by atoms with Gasteiger partial charge in [0.25, 0.3) is 5.91 Å². The number of fused-ring (bicyclic) bond motifs is 1. The lowest BCUT2D eigenvalue weighted by Crippen LogP contribution is -2.11. The van der Waals surface area contributed by atoms with Crippen molar-refractivity contribution in [1.82, 2.24) is 0 Å². The van der Waals surface area contributed by atoms with Crippen LogP contribution in [0.2, 0.25) is 5.02 Å². The highest BCUT2D eigenvalue weighted by Crippen LogP contribution is 2.27. The van der Waals surface area contributed by atoms with Gasteiger partial charge in [0.05, 0.1) is 10.7 Å². The van der Waals surface area contributed by atoms with Crippen molar-refractivity contribution < 1.29 is 9.21 Å². The summed E-state index contributed by atoms with van der Waals surface area (Å²) in [6.07, 6.45) is 0. The fourth-order valence-corrected chi connectivity index (χ4v) is 2.40. The third-order valence-electron chi connectivity index (χ3n) is 2.83. The van der Waals surface area contributed by atoms with E-state index in [0.29, 0.717) is 16.3 Å². The normalized spacial score (nSPS) is 10.7. The average Bonchev–Trinajstić information content (AvgIpc) is 2.87. The fraction of sp³-hybridized carbons (Fsp3) is 0. The van der Waals surface area contributed by atoms with Crippen LogP contribution >= 0.6 is 27.5 Å². The number of nitrogens with one attached hydrogen (secondary N) is 1. The zero-order valence-electron chi connectivity index (χ0n) is 10.2. The van der Waals surface area contributed by atoms with Crippen molar-refractivity contribution in [2.45, 2.75) is 0 Å². The molecule has 0 radical (unpaired) electrons. The number of anilines is 1. The van der Waals surface area contributed by atoms with Crippen molar-refractivity contribution in [3.63, 3.8) is 0 Å². The summed E-state index contributed by atoms with van der Waals surface area (Å²) in [4.78, 5) is 12.2. The molecule has 0 spiro atoms. The molecule has 3 aromatic rings. The molecule has 2 aromatic carbocycles. The van der Waals surface area contributed by atoms with Gasteiger partial charge in [-0.2, -0.15) is 0 Å². The number of benzene rings is 2. The molecule has 1 N–H and O–H groups in total. The van der Waals surface area contributed by atoms with Crippen LogP contribution in [-0.2, 0) is 0 Å². The lowest BCUT2D eigenvalue weighted by Gasteiger charge is -2.05. The van der Waals surface area contributed by atoms with Crippen LogP contribution in [0.15, 0.2) is 57.4 Å². The number of carbonyl (C=O) groups is 1. The van der Waals surface area contributed by atoms with Crippen LogP contribution < -0.4 is 5.32 Å². The third-order valence-corrected chi connectivity index (χ3v) is 3.65. The summed E-state index contributed by atoms with van der Waals surface area (Å²) in [5.74, 6) is -0.0801. The highest BCUT2D eigenvalue weighted by Gasteiger charge is 2.13. The molecule has 0 aliphatic rings. The second-order valence-corrected chi connectivity index (χ2v) is 5.55. The van der Waals surface area contributed by atoms with Crippen molar-refractivity contribution in [3.8, 4) is 0 Å². The first-order chi connectivity index (χ1) is 9.63. The van der Waals surface area contributed by atoms with Gasteiger partial charge in [-0.3, -0.25) is 4.79 Å². The highest BCUT2D eigenvalue weighted by molar-refractivity contribution is 9.10. The van der Waals surface area contributed by atoms with Gasteiger partial charge in [-0.15, -0.1) is 0 Å². The molecular formula is C15H9BrClNO2. The first-order valence-corrected chi connectivity index (χ1v) is 7.05. The summed E-state index contributed by atoms with van der Waals surface area (Å²) in [7, 11) is 0. The maximum Gasteiger partial charge on any atom is 0.291 e. The molecule has 0 bridgehead atoms. The monoisotopic (exact) mass is 349 g/mol. The number of rotatable bonds is 2. The third kappa shape index (κ3) is 2.57. The Hall–Kier alpha value is -1.78. The Morgan fingerprint density at radius 1 is 1.15 bits per heavy atom. The minimum atomic E-state index is -0.332. The smallest absolute Gasteiger partial charge is 0.291 e. The van der Waals surface area contributed by atoms with Gasteiger partial charge < -0.3 is 9.73 Å². The van der Waals surface area contributed by atoms with Crippen LogP contribution in [0.4, 0.5) is 5.69 Å². The van der Waals surface area contributed by atoms with Crippen LogP contribution in [0.3, 0.4) is 0 Å². The van der Waals surface area contributed by atoms with Gasteiger partial charge in [-0.1, -0.05) is 45.7 Å². The van der Waals surface area contributed by atoms with E-state index in [9.17, 15) is 4.79 Å². The number of carbonyl (C=O) groups excluding carboxylic acids is 1. The Kier molecular flexibility index (Phi) is 3.51. The zero-order chi connectivity index (χ0) is 14.1. The molecule has 0 fully saturated rings. The Labute approximate surface area is 128 Å². The Balaban J connectivity index is 1.90. The topological polar surface area (TPSA) is 42.2 Å². The molecule has 1 amide bonds. The fourth-order valence-electron chi connectivity index (χ4n) is 1.87. The molecule has 100 valence electrons. The molecule has 0 saturated carbocycles. The minimum absolute atomic E-state index is 0.252. The first kappa shape index (κ1) is 13.2. The molecule has 0 aliphatic heterocycles. The standard InChI is InChI=1S/C15H9BrClNO2/c16-10-5-6-11(17)12(8-10)18-15(19)14-7-9-3-1-2-4-13(9)20-14/h1-8H,(H,18,19). The quantitative estimate of drug-likeness (QED) is 0.698. The van der Waals surface area contributed by atoms with Gasteiger partial charge in [0.2, 0.25) is 0 Å². The van der Waals surface area contributed by atoms with E-state index in [1.807, 2.05) is 24.3 Å². The predicted octanol–water partition coefficient (Wildman–Crippen LogP) is 5.10. The van der Waals surface area contributed by atoms with Crippen LogP contribution in [0, 0.1) is 0 Å². The van der Waals surface area contributed by atoms with E-state index >= 15 is 0 Å². The van der Waals surface area contributed by atoms with Gasteiger partial charge in [0.15, 0.2) is 5.76 Å². The van der Waals surface area contributed by atoms with Gasteiger partial charge in [0.1, 0.15) is 5.58 Å². The van der Waals surface area contributed by atoms with E-state index in [1.54, 1.807) is 24.3 Å². The van der Waals surface area contributed by atoms with E-state index < -0.39 is 0 Å². The van der Waals surface area contributed by atoms with Gasteiger partial charge >= 0.3 is 0 Å². The van der Waals surface area contributed by atoms with Gasteiger partial charge in [-0.25, -0.2) is 0 Å². The lowest BCUT2D eigenvalue weighted by molar-refractivity contribution is 0.0998. The number of furan rings is 1. The number of para-hydroxylation sites is 1. The van der Waals surface area contributed by atoms with Crippen LogP contribution in [0.25, 0.3) is 11.0 Å². The summed E-state index contributed by atoms with van der Waals surface area (Å²) in [5.41, 5.74) is 1.21. The van der Waals surface area contributed by atoms with E-state index in [-0.39, 0.29) is 11.7 Å². The van der Waals surface area contributed by atoms with Gasteiger partial charge in [0, 0.05) is 9.86 Å². The molecular weight excluding hydrogens is 342 g/mol. The van der Waals surface area contributed by atoms with Crippen molar-refractivity contribution in [1.29, 1.82) is 0 Å². The summed E-state index contributed by atoms with van der Waals surface area (Å²) in [5, 5.41) is 4.09. The molecule has 0 saturated heterocycles. The molecule has 3 rings (SSSR count). The first-order valence-electron chi connectivity index (χ1n) is 5.88. The lowest BCUT2D eigenvalue weighted by atomic mass is 10.2. The Bertz CT molecular complexity index is 764. The predicted molar refractivity (Wildman–Crippen MR) is 83.3 cm³/mol. The van der Waals surface area contributed by atoms with Crippen molar-refractivity contribution in [3.05, 3.63) is 63.8 Å². The maximum atomic E-state index is 12.2. The van der Waals surface area contributed by atoms with Crippen LogP contribution in [0.5, 0.6) is 0 Å². The second kappa shape index (κ2) is 5.31. The van der Waals surface area contributed by atoms with Crippen molar-refractivity contribution in [2.75, 3.05) is 5.32 Å². The number of hydrogen-bond donors (Lipinski definition) is 1. The Morgan fingerprint density at radius 3 is 2.75 bits per heavy atom. The molecule has 1 heterocycles. The summed E-state index contributed by atoms with van der Waals surface area (Å²) in [6, 6.07) is 14.4. The van der Waals surface area contributed by atoms with E-state index in [1.165, 1.54) is 0 Å². The molecule has 3 nitrogen and oxygen atoms in total. The molecule has 0 aliphatic carbocycles. The van der Waals surface area contributed by atoms with Crippen LogP contribution in [0.1, 0.15) is 10.6 Å². The highest BCUT2D eigenvalue weighted by atomic mass is 79.9. The van der Waals surface area contributed by atoms with Crippen molar-refractivity contribution >= 4 is 50.1 Å². The van der Waals surface area contributed by atoms with E-state index in [4.69, 9.17) is 16.0 Å². The zero-order valence-corrected chi connectivity index (χ0v) is 12.5. The molecule has 0 atom stereocenters. The minimum Gasteiger partial charge on any atom is -0.451 e. The number of halogens is 2. The maximum absolute atomic E-state index is 12.2. The van der Waals surface area contributed by atoms with Gasteiger partial charge in [-0.05, 0) is 30.3 Å². The van der Waals surface area contributed by atoms with E-state index in [2.05, 4.69) is 21.2 Å². The summed E-state index contributed by atoms with van der Waals surface area (Å²) >= 11 is 9.38. The Morgan fingerprint density at radius 2 is 1.95 bits per heavy atom. The molecule has 1 aromatic heterocycles. The summed E-state index contributed by atoms with van der Waals surface area (Å²) < 4.78 is 6.34. The molecule has 5 heteroatoms. The second-order valence-electron chi connectivity index (χ2n) is 4.23. The number of hydrogen-bond acceptors (Lipinski definition) is 2. The molecule has 0 unspecified atom stereocenters. The summed E-state index contributed by atoms with van der Waals surface area (Å²) in [6.45, 7) is 0. The largest absolute Gasteiger partial charge is 0.451 e. The average molecular weight is 351 g/mol. The van der Waals surface area contributed by atoms with Crippen LogP contribution in [-0.4, -0.2) is 5.91 Å². The number of amides is 1. The van der Waals surface area contributed by atoms with Crippen molar-refractivity contribution in [2.24, 2.45) is 0 Å².